The van der Waals surface area contributed by atoms with Crippen molar-refractivity contribution in [1.29, 1.82) is 0 Å². The molecular formula is C10H18O7. The molecule has 0 saturated heterocycles. The maximum atomic E-state index is 11.2. The Labute approximate surface area is 99.5 Å². The summed E-state index contributed by atoms with van der Waals surface area (Å²) in [5, 5.41) is 8.38. The zero-order chi connectivity index (χ0) is 13.3. The van der Waals surface area contributed by atoms with E-state index in [4.69, 9.17) is 14.6 Å². The van der Waals surface area contributed by atoms with Crippen LogP contribution in [-0.4, -0.2) is 37.2 Å². The molecule has 0 unspecified atom stereocenters. The van der Waals surface area contributed by atoms with E-state index in [9.17, 15) is 9.59 Å². The number of carbonyl (C=O) groups excluding carboxylic acids is 1. The van der Waals surface area contributed by atoms with Gasteiger partial charge in [0.1, 0.15) is 0 Å². The Morgan fingerprint density at radius 3 is 2.12 bits per heavy atom. The summed E-state index contributed by atoms with van der Waals surface area (Å²) < 4.78 is 9.59. The summed E-state index contributed by atoms with van der Waals surface area (Å²) in [6.45, 7) is 1.44. The molecule has 0 rings (SSSR count). The van der Waals surface area contributed by atoms with Crippen LogP contribution in [0.5, 0.6) is 0 Å². The molecule has 100 valence electrons. The summed E-state index contributed by atoms with van der Waals surface area (Å²) in [4.78, 5) is 30.5. The number of carbonyl (C=O) groups is 2. The van der Waals surface area contributed by atoms with E-state index in [1.54, 1.807) is 0 Å². The second kappa shape index (κ2) is 7.99. The Morgan fingerprint density at radius 2 is 1.65 bits per heavy atom. The van der Waals surface area contributed by atoms with Gasteiger partial charge in [0.25, 0.3) is 0 Å². The van der Waals surface area contributed by atoms with Crippen molar-refractivity contribution < 1.29 is 33.9 Å². The van der Waals surface area contributed by atoms with E-state index < -0.39 is 17.9 Å². The number of hydrogen-bond acceptors (Lipinski definition) is 6. The molecule has 1 N–H and O–H groups in total. The summed E-state index contributed by atoms with van der Waals surface area (Å²) in [7, 11) is 2.67. The van der Waals surface area contributed by atoms with Crippen LogP contribution in [0.3, 0.4) is 0 Å². The van der Waals surface area contributed by atoms with Gasteiger partial charge in [-0.1, -0.05) is 0 Å². The Bertz CT molecular complexity index is 247. The zero-order valence-corrected chi connectivity index (χ0v) is 10.2. The van der Waals surface area contributed by atoms with Crippen LogP contribution < -0.4 is 0 Å². The van der Waals surface area contributed by atoms with Crippen LogP contribution in [0.15, 0.2) is 0 Å². The quantitative estimate of drug-likeness (QED) is 0.283. The highest BCUT2D eigenvalue weighted by Gasteiger charge is 2.27. The normalized spacial score (nSPS) is 11.2. The Hall–Kier alpha value is -1.18. The molecule has 0 bridgehead atoms. The second-order valence-corrected chi connectivity index (χ2v) is 3.41. The van der Waals surface area contributed by atoms with E-state index in [2.05, 4.69) is 9.78 Å². The average Bonchev–Trinajstić information content (AvgIpc) is 2.31. The molecule has 7 nitrogen and oxygen atoms in total. The third-order valence-corrected chi connectivity index (χ3v) is 2.05. The summed E-state index contributed by atoms with van der Waals surface area (Å²) in [5.41, 5.74) is 0. The molecule has 0 aromatic carbocycles. The van der Waals surface area contributed by atoms with Crippen LogP contribution in [0.1, 0.15) is 32.6 Å². The van der Waals surface area contributed by atoms with Crippen LogP contribution in [0.2, 0.25) is 0 Å². The van der Waals surface area contributed by atoms with E-state index in [1.807, 2.05) is 0 Å². The lowest BCUT2D eigenvalue weighted by atomic mass is 10.2. The van der Waals surface area contributed by atoms with Gasteiger partial charge in [0, 0.05) is 34.0 Å². The summed E-state index contributed by atoms with van der Waals surface area (Å²) in [6.07, 6.45) is 0.945. The van der Waals surface area contributed by atoms with E-state index in [-0.39, 0.29) is 12.8 Å². The van der Waals surface area contributed by atoms with E-state index >= 15 is 0 Å². The second-order valence-electron chi connectivity index (χ2n) is 3.41. The molecule has 0 aliphatic carbocycles. The maximum Gasteiger partial charge on any atom is 0.342 e. The summed E-state index contributed by atoms with van der Waals surface area (Å²) in [5.74, 6) is -2.92. The number of methoxy groups -OCH3 is 2. The zero-order valence-electron chi connectivity index (χ0n) is 10.2. The van der Waals surface area contributed by atoms with Gasteiger partial charge in [-0.15, -0.1) is 4.89 Å². The van der Waals surface area contributed by atoms with Crippen molar-refractivity contribution in [1.82, 2.24) is 0 Å². The maximum absolute atomic E-state index is 11.2. The summed E-state index contributed by atoms with van der Waals surface area (Å²) >= 11 is 0. The van der Waals surface area contributed by atoms with Gasteiger partial charge < -0.3 is 14.6 Å². The molecule has 0 amide bonds. The molecule has 0 aliphatic heterocycles. The first kappa shape index (κ1) is 15.8. The molecule has 0 atom stereocenters. The Balaban J connectivity index is 3.69. The predicted octanol–water partition coefficient (Wildman–Crippen LogP) is 1.07. The molecule has 0 aromatic rings. The number of carboxylic acids is 1. The third kappa shape index (κ3) is 7.67. The minimum absolute atomic E-state index is 0.0298. The molecule has 0 aromatic heterocycles. The third-order valence-electron chi connectivity index (χ3n) is 2.05. The fourth-order valence-electron chi connectivity index (χ4n) is 0.861. The van der Waals surface area contributed by atoms with Gasteiger partial charge in [0.15, 0.2) is 0 Å². The number of ether oxygens (including phenoxy) is 2. The first-order valence-electron chi connectivity index (χ1n) is 5.14. The molecule has 17 heavy (non-hydrogen) atoms. The van der Waals surface area contributed by atoms with Crippen LogP contribution in [0.4, 0.5) is 0 Å². The number of rotatable bonds is 9. The monoisotopic (exact) mass is 250 g/mol. The average molecular weight is 250 g/mol. The van der Waals surface area contributed by atoms with Gasteiger partial charge >= 0.3 is 17.9 Å². The molecular weight excluding hydrogens is 232 g/mol. The number of hydrogen-bond donors (Lipinski definition) is 1. The fraction of sp³-hybridized carbons (Fsp3) is 0.800. The van der Waals surface area contributed by atoms with E-state index in [1.165, 1.54) is 21.1 Å². The van der Waals surface area contributed by atoms with Crippen molar-refractivity contribution in [2.24, 2.45) is 0 Å². The lowest BCUT2D eigenvalue weighted by Crippen LogP contribution is -2.34. The van der Waals surface area contributed by atoms with E-state index in [0.717, 1.165) is 0 Å². The van der Waals surface area contributed by atoms with Crippen molar-refractivity contribution in [2.75, 3.05) is 14.2 Å². The lowest BCUT2D eigenvalue weighted by molar-refractivity contribution is -0.471. The fourth-order valence-corrected chi connectivity index (χ4v) is 0.861. The summed E-state index contributed by atoms with van der Waals surface area (Å²) in [6, 6.07) is 0. The van der Waals surface area contributed by atoms with Crippen molar-refractivity contribution >= 4 is 11.9 Å². The predicted molar refractivity (Wildman–Crippen MR) is 55.7 cm³/mol. The molecule has 0 saturated carbocycles. The van der Waals surface area contributed by atoms with Crippen LogP contribution in [-0.2, 0) is 28.8 Å². The topological polar surface area (TPSA) is 91.3 Å². The van der Waals surface area contributed by atoms with Gasteiger partial charge in [0.05, 0.1) is 0 Å². The first-order chi connectivity index (χ1) is 7.93. The molecule has 0 radical (unpaired) electrons. The van der Waals surface area contributed by atoms with Crippen molar-refractivity contribution in [3.05, 3.63) is 0 Å². The van der Waals surface area contributed by atoms with Crippen LogP contribution in [0.25, 0.3) is 0 Å². The van der Waals surface area contributed by atoms with Crippen molar-refractivity contribution in [3.8, 4) is 0 Å². The van der Waals surface area contributed by atoms with Crippen LogP contribution >= 0.6 is 0 Å². The van der Waals surface area contributed by atoms with E-state index in [0.29, 0.717) is 12.8 Å². The minimum Gasteiger partial charge on any atom is -0.481 e. The largest absolute Gasteiger partial charge is 0.481 e. The number of unbranched alkanes of at least 4 members (excludes halogenated alkanes) is 1. The molecule has 0 aliphatic rings. The van der Waals surface area contributed by atoms with Gasteiger partial charge in [0.2, 0.25) is 0 Å². The molecule has 7 heteroatoms. The minimum atomic E-state index is -1.43. The Morgan fingerprint density at radius 1 is 1.12 bits per heavy atom. The number of aliphatic carboxylic acids is 1. The SMILES string of the molecule is COC(C)(OC)OOC(=O)CCCCC(=O)O. The Kier molecular flexibility index (Phi) is 7.44. The molecule has 0 heterocycles. The highest BCUT2D eigenvalue weighted by molar-refractivity contribution is 5.69. The highest BCUT2D eigenvalue weighted by atomic mass is 17.3. The van der Waals surface area contributed by atoms with Crippen molar-refractivity contribution in [3.63, 3.8) is 0 Å². The highest BCUT2D eigenvalue weighted by Crippen LogP contribution is 2.13. The van der Waals surface area contributed by atoms with Crippen molar-refractivity contribution in [2.45, 2.75) is 38.6 Å². The standard InChI is InChI=1S/C10H18O7/c1-10(14-2,15-3)17-16-9(13)7-5-4-6-8(11)12/h4-7H2,1-3H3,(H,11,12). The lowest BCUT2D eigenvalue weighted by Gasteiger charge is -2.23. The van der Waals surface area contributed by atoms with Gasteiger partial charge in [-0.25, -0.2) is 4.79 Å². The van der Waals surface area contributed by atoms with Gasteiger partial charge in [-0.2, -0.15) is 0 Å². The van der Waals surface area contributed by atoms with Gasteiger partial charge in [-0.3, -0.25) is 9.68 Å². The van der Waals surface area contributed by atoms with Crippen LogP contribution in [0, 0.1) is 0 Å². The molecule has 0 spiro atoms. The first-order valence-corrected chi connectivity index (χ1v) is 5.14. The smallest absolute Gasteiger partial charge is 0.342 e. The van der Waals surface area contributed by atoms with Gasteiger partial charge in [-0.05, 0) is 12.8 Å². The number of carboxylic acid groups (broad SMARTS) is 1. The molecule has 0 fully saturated rings.